The Morgan fingerprint density at radius 1 is 0.867 bits per heavy atom. The molecule has 1 unspecified atom stereocenters. The van der Waals surface area contributed by atoms with E-state index in [0.717, 1.165) is 5.56 Å². The number of amides is 2. The summed E-state index contributed by atoms with van der Waals surface area (Å²) in [6, 6.07) is 18.2. The SMILES string of the molecule is CC(C)CNS(=O)(=O)c1cccc2c(NC(=O)C(CCCCNOC(=O)Cc3ccccc3)NC(=O)OC(C)(C)C)cccc12. The topological polar surface area (TPSA) is 152 Å². The number of benzene rings is 3. The number of hydrogen-bond donors (Lipinski definition) is 4. The Morgan fingerprint density at radius 2 is 1.56 bits per heavy atom. The molecule has 1 atom stereocenters. The molecular formula is C33H44N4O7S. The number of unbranched alkanes of at least 4 members (excludes halogenated alkanes) is 1. The second-order valence-electron chi connectivity index (χ2n) is 12.1. The van der Waals surface area contributed by atoms with E-state index in [4.69, 9.17) is 9.57 Å². The maximum atomic E-state index is 13.5. The van der Waals surface area contributed by atoms with Crippen molar-refractivity contribution in [3.05, 3.63) is 72.3 Å². The average Bonchev–Trinajstić information content (AvgIpc) is 2.96. The first-order chi connectivity index (χ1) is 21.2. The van der Waals surface area contributed by atoms with Gasteiger partial charge in [0.2, 0.25) is 15.9 Å². The lowest BCUT2D eigenvalue weighted by atomic mass is 10.1. The van der Waals surface area contributed by atoms with Gasteiger partial charge in [-0.25, -0.2) is 17.9 Å². The molecule has 0 spiro atoms. The Labute approximate surface area is 265 Å². The molecule has 0 fully saturated rings. The van der Waals surface area contributed by atoms with Gasteiger partial charge in [-0.15, -0.1) is 0 Å². The molecule has 2 amide bonds. The van der Waals surface area contributed by atoms with Crippen molar-refractivity contribution in [3.8, 4) is 0 Å². The van der Waals surface area contributed by atoms with E-state index in [2.05, 4.69) is 20.8 Å². The molecule has 0 saturated heterocycles. The molecule has 4 N–H and O–H groups in total. The highest BCUT2D eigenvalue weighted by atomic mass is 32.2. The third-order valence-corrected chi connectivity index (χ3v) is 8.00. The normalized spacial score (nSPS) is 12.5. The number of hydrogen-bond acceptors (Lipinski definition) is 8. The summed E-state index contributed by atoms with van der Waals surface area (Å²) in [5.41, 5.74) is 3.14. The number of anilines is 1. The van der Waals surface area contributed by atoms with Gasteiger partial charge >= 0.3 is 12.1 Å². The summed E-state index contributed by atoms with van der Waals surface area (Å²) in [7, 11) is -3.79. The van der Waals surface area contributed by atoms with Gasteiger partial charge in [-0.3, -0.25) is 9.59 Å². The van der Waals surface area contributed by atoms with E-state index in [1.165, 1.54) is 6.07 Å². The molecule has 3 aromatic carbocycles. The highest BCUT2D eigenvalue weighted by Gasteiger charge is 2.25. The third-order valence-electron chi connectivity index (χ3n) is 6.52. The minimum Gasteiger partial charge on any atom is -0.444 e. The van der Waals surface area contributed by atoms with Gasteiger partial charge in [0.25, 0.3) is 0 Å². The standard InChI is InChI=1S/C33H44N4O7S/c1-23(2)22-35-45(41,42)29-19-12-15-25-26(29)16-11-18-27(25)36-31(39)28(37-32(40)43-33(3,4)5)17-9-10-20-34-44-30(38)21-24-13-7-6-8-14-24/h6-8,11-16,18-19,23,28,34-35H,9-10,17,20-22H2,1-5H3,(H,36,39)(H,37,40). The third kappa shape index (κ3) is 11.8. The van der Waals surface area contributed by atoms with Crippen LogP contribution in [0.4, 0.5) is 10.5 Å². The molecule has 0 aliphatic carbocycles. The Morgan fingerprint density at radius 3 is 2.24 bits per heavy atom. The molecule has 0 aromatic heterocycles. The van der Waals surface area contributed by atoms with Gasteiger partial charge in [-0.05, 0) is 63.6 Å². The smallest absolute Gasteiger partial charge is 0.408 e. The summed E-state index contributed by atoms with van der Waals surface area (Å²) in [5, 5.41) is 6.51. The molecule has 3 aromatic rings. The Bertz CT molecular complexity index is 1550. The summed E-state index contributed by atoms with van der Waals surface area (Å²) in [4.78, 5) is 43.4. The maximum Gasteiger partial charge on any atom is 0.408 e. The number of ether oxygens (including phenoxy) is 1. The van der Waals surface area contributed by atoms with Crippen LogP contribution in [-0.2, 0) is 35.6 Å². The molecule has 0 bridgehead atoms. The van der Waals surface area contributed by atoms with Crippen LogP contribution in [-0.4, -0.2) is 51.1 Å². The zero-order valence-corrected chi connectivity index (χ0v) is 27.3. The fourth-order valence-electron chi connectivity index (χ4n) is 4.39. The fraction of sp³-hybridized carbons (Fsp3) is 0.424. The fourth-order valence-corrected chi connectivity index (χ4v) is 5.83. The zero-order valence-electron chi connectivity index (χ0n) is 26.5. The van der Waals surface area contributed by atoms with Gasteiger partial charge in [0.05, 0.1) is 11.3 Å². The lowest BCUT2D eigenvalue weighted by molar-refractivity contribution is -0.150. The molecule has 0 aliphatic heterocycles. The molecular weight excluding hydrogens is 596 g/mol. The van der Waals surface area contributed by atoms with Gasteiger partial charge < -0.3 is 20.2 Å². The first-order valence-electron chi connectivity index (χ1n) is 15.0. The maximum absolute atomic E-state index is 13.5. The number of fused-ring (bicyclic) bond motifs is 1. The molecule has 0 radical (unpaired) electrons. The van der Waals surface area contributed by atoms with E-state index in [-0.39, 0.29) is 23.7 Å². The van der Waals surface area contributed by atoms with Crippen LogP contribution < -0.4 is 20.8 Å². The van der Waals surface area contributed by atoms with Crippen LogP contribution in [0.1, 0.15) is 59.4 Å². The molecule has 3 rings (SSSR count). The van der Waals surface area contributed by atoms with Crippen molar-refractivity contribution >= 4 is 44.5 Å². The number of nitrogens with one attached hydrogen (secondary N) is 4. The van der Waals surface area contributed by atoms with Crippen LogP contribution >= 0.6 is 0 Å². The molecule has 45 heavy (non-hydrogen) atoms. The lowest BCUT2D eigenvalue weighted by Crippen LogP contribution is -2.45. The van der Waals surface area contributed by atoms with Crippen molar-refractivity contribution in [2.24, 2.45) is 5.92 Å². The average molecular weight is 641 g/mol. The van der Waals surface area contributed by atoms with Gasteiger partial charge in [0, 0.05) is 29.5 Å². The lowest BCUT2D eigenvalue weighted by Gasteiger charge is -2.23. The minimum absolute atomic E-state index is 0.108. The number of carbonyl (C=O) groups excluding carboxylic acids is 3. The van der Waals surface area contributed by atoms with Crippen LogP contribution in [0, 0.1) is 5.92 Å². The van der Waals surface area contributed by atoms with Crippen LogP contribution in [0.15, 0.2) is 71.6 Å². The van der Waals surface area contributed by atoms with Crippen molar-refractivity contribution in [2.75, 3.05) is 18.4 Å². The quantitative estimate of drug-likeness (QED) is 0.133. The van der Waals surface area contributed by atoms with Gasteiger partial charge in [0.1, 0.15) is 11.6 Å². The van der Waals surface area contributed by atoms with Crippen molar-refractivity contribution in [1.82, 2.24) is 15.5 Å². The van der Waals surface area contributed by atoms with E-state index < -0.39 is 39.6 Å². The summed E-state index contributed by atoms with van der Waals surface area (Å²) in [6.07, 6.45) is 0.742. The summed E-state index contributed by atoms with van der Waals surface area (Å²) in [6.45, 7) is 9.66. The van der Waals surface area contributed by atoms with Crippen molar-refractivity contribution < 1.29 is 32.4 Å². The van der Waals surface area contributed by atoms with Crippen LogP contribution in [0.3, 0.4) is 0 Å². The number of alkyl carbamates (subject to hydrolysis) is 1. The predicted octanol–water partition coefficient (Wildman–Crippen LogP) is 5.07. The Hall–Kier alpha value is -4.00. The van der Waals surface area contributed by atoms with E-state index in [1.54, 1.807) is 51.1 Å². The minimum atomic E-state index is -3.79. The van der Waals surface area contributed by atoms with E-state index in [1.807, 2.05) is 44.2 Å². The van der Waals surface area contributed by atoms with Crippen molar-refractivity contribution in [2.45, 2.75) is 76.8 Å². The van der Waals surface area contributed by atoms with E-state index >= 15 is 0 Å². The Balaban J connectivity index is 1.66. The van der Waals surface area contributed by atoms with Gasteiger partial charge in [-0.1, -0.05) is 68.4 Å². The van der Waals surface area contributed by atoms with E-state index in [0.29, 0.717) is 42.4 Å². The molecule has 0 saturated carbocycles. The number of hydroxylamine groups is 1. The largest absolute Gasteiger partial charge is 0.444 e. The number of carbonyl (C=O) groups is 3. The molecule has 11 nitrogen and oxygen atoms in total. The highest BCUT2D eigenvalue weighted by molar-refractivity contribution is 7.89. The summed E-state index contributed by atoms with van der Waals surface area (Å²) >= 11 is 0. The van der Waals surface area contributed by atoms with Gasteiger partial charge in [-0.2, -0.15) is 5.48 Å². The molecule has 12 heteroatoms. The second kappa shape index (κ2) is 16.4. The Kier molecular flexibility index (Phi) is 12.9. The first kappa shape index (κ1) is 35.5. The zero-order chi connectivity index (χ0) is 33.0. The molecule has 0 heterocycles. The van der Waals surface area contributed by atoms with Gasteiger partial charge in [0.15, 0.2) is 0 Å². The van der Waals surface area contributed by atoms with Crippen molar-refractivity contribution in [3.63, 3.8) is 0 Å². The van der Waals surface area contributed by atoms with Crippen LogP contribution in [0.5, 0.6) is 0 Å². The monoisotopic (exact) mass is 640 g/mol. The molecule has 0 aliphatic rings. The predicted molar refractivity (Wildman–Crippen MR) is 174 cm³/mol. The van der Waals surface area contributed by atoms with Crippen LogP contribution in [0.25, 0.3) is 10.8 Å². The van der Waals surface area contributed by atoms with Crippen molar-refractivity contribution in [1.29, 1.82) is 0 Å². The first-order valence-corrected chi connectivity index (χ1v) is 16.5. The van der Waals surface area contributed by atoms with E-state index in [9.17, 15) is 22.8 Å². The highest BCUT2D eigenvalue weighted by Crippen LogP contribution is 2.29. The summed E-state index contributed by atoms with van der Waals surface area (Å²) in [5.74, 6) is -0.766. The number of rotatable bonds is 15. The number of sulfonamides is 1. The second-order valence-corrected chi connectivity index (χ2v) is 13.9. The summed E-state index contributed by atoms with van der Waals surface area (Å²) < 4.78 is 34.1. The van der Waals surface area contributed by atoms with Crippen LogP contribution in [0.2, 0.25) is 0 Å². The molecule has 244 valence electrons.